The van der Waals surface area contributed by atoms with Gasteiger partial charge in [0, 0.05) is 66.5 Å². The number of aliphatic hydroxyl groups is 1. The number of hydrogen-bond acceptors (Lipinski definition) is 5. The van der Waals surface area contributed by atoms with Crippen LogP contribution in [0.25, 0.3) is 22.0 Å². The van der Waals surface area contributed by atoms with Crippen LogP contribution in [0.15, 0.2) is 30.5 Å². The van der Waals surface area contributed by atoms with E-state index in [1.54, 1.807) is 25.3 Å². The zero-order valence-electron chi connectivity index (χ0n) is 18.3. The Morgan fingerprint density at radius 3 is 2.62 bits per heavy atom. The fraction of sp³-hybridized carbons (Fsp3) is 0.348. The largest absolute Gasteiger partial charge is 0.395 e. The number of amides is 2. The monoisotopic (exact) mass is 477 g/mol. The molecule has 11 heteroatoms. The van der Waals surface area contributed by atoms with Crippen molar-refractivity contribution in [2.24, 2.45) is 5.92 Å². The van der Waals surface area contributed by atoms with Crippen LogP contribution in [0.1, 0.15) is 18.5 Å². The van der Waals surface area contributed by atoms with Crippen LogP contribution in [0, 0.1) is 24.5 Å². The smallest absolute Gasteiger partial charge is 0.319 e. The molecule has 0 bridgehead atoms. The van der Waals surface area contributed by atoms with Crippen molar-refractivity contribution in [3.05, 3.63) is 47.8 Å². The van der Waals surface area contributed by atoms with Gasteiger partial charge in [0.05, 0.1) is 17.8 Å². The lowest BCUT2D eigenvalue weighted by Gasteiger charge is -2.34. The molecule has 2 aromatic heterocycles. The van der Waals surface area contributed by atoms with E-state index in [-0.39, 0.29) is 43.2 Å². The van der Waals surface area contributed by atoms with Crippen molar-refractivity contribution >= 4 is 28.4 Å². The predicted octanol–water partition coefficient (Wildman–Crippen LogP) is 4.45. The van der Waals surface area contributed by atoms with E-state index >= 15 is 0 Å². The molecular formula is C23H23F4N5O2. The molecule has 7 nitrogen and oxygen atoms in total. The van der Waals surface area contributed by atoms with Crippen LogP contribution in [0.3, 0.4) is 0 Å². The highest BCUT2D eigenvalue weighted by Crippen LogP contribution is 2.41. The summed E-state index contributed by atoms with van der Waals surface area (Å²) in [6, 6.07) is 4.42. The maximum atomic E-state index is 14.7. The van der Waals surface area contributed by atoms with Crippen molar-refractivity contribution in [1.82, 2.24) is 15.3 Å². The summed E-state index contributed by atoms with van der Waals surface area (Å²) in [4.78, 5) is 20.9. The summed E-state index contributed by atoms with van der Waals surface area (Å²) in [6.07, 6.45) is 0.942. The number of halogens is 4. The molecule has 4 N–H and O–H groups in total. The van der Waals surface area contributed by atoms with Crippen LogP contribution >= 0.6 is 0 Å². The van der Waals surface area contributed by atoms with Gasteiger partial charge in [-0.2, -0.15) is 0 Å². The third-order valence-corrected chi connectivity index (χ3v) is 5.63. The number of carbonyl (C=O) groups excluding carboxylic acids is 1. The lowest BCUT2D eigenvalue weighted by Crippen LogP contribution is -2.43. The maximum Gasteiger partial charge on any atom is 0.319 e. The van der Waals surface area contributed by atoms with Crippen molar-refractivity contribution in [3.8, 4) is 11.1 Å². The van der Waals surface area contributed by atoms with Gasteiger partial charge in [0.25, 0.3) is 0 Å². The second-order valence-corrected chi connectivity index (χ2v) is 8.31. The highest BCUT2D eigenvalue weighted by Gasteiger charge is 2.45. The van der Waals surface area contributed by atoms with E-state index in [1.807, 2.05) is 0 Å². The highest BCUT2D eigenvalue weighted by atomic mass is 19.3. The van der Waals surface area contributed by atoms with Crippen LogP contribution < -0.4 is 16.0 Å². The van der Waals surface area contributed by atoms with Gasteiger partial charge in [0.15, 0.2) is 0 Å². The van der Waals surface area contributed by atoms with Crippen molar-refractivity contribution < 1.29 is 27.5 Å². The summed E-state index contributed by atoms with van der Waals surface area (Å²) >= 11 is 0. The summed E-state index contributed by atoms with van der Waals surface area (Å²) in [5.41, 5.74) is 1.24. The SMILES string of the molecule is Cc1nc2cc(NCCO)ncc2cc1-c1cc(NC(=O)NCC2CC(F)(F)C2)c(F)cc1F. The fourth-order valence-electron chi connectivity index (χ4n) is 3.90. The molecule has 2 heterocycles. The summed E-state index contributed by atoms with van der Waals surface area (Å²) < 4.78 is 54.9. The minimum absolute atomic E-state index is 0.0321. The molecule has 0 atom stereocenters. The fourth-order valence-corrected chi connectivity index (χ4v) is 3.90. The first-order valence-electron chi connectivity index (χ1n) is 10.7. The Morgan fingerprint density at radius 2 is 1.91 bits per heavy atom. The number of fused-ring (bicyclic) bond motifs is 1. The number of aliphatic hydroxyl groups excluding tert-OH is 1. The summed E-state index contributed by atoms with van der Waals surface area (Å²) in [7, 11) is 0. The molecule has 2 amide bonds. The van der Waals surface area contributed by atoms with Gasteiger partial charge >= 0.3 is 6.03 Å². The molecule has 4 rings (SSSR count). The van der Waals surface area contributed by atoms with Gasteiger partial charge < -0.3 is 21.1 Å². The van der Waals surface area contributed by atoms with E-state index < -0.39 is 23.6 Å². The highest BCUT2D eigenvalue weighted by molar-refractivity contribution is 5.91. The summed E-state index contributed by atoms with van der Waals surface area (Å²) in [6.45, 7) is 1.98. The molecule has 0 unspecified atom stereocenters. The molecule has 1 aliphatic rings. The molecule has 0 saturated heterocycles. The lowest BCUT2D eigenvalue weighted by atomic mass is 9.81. The van der Waals surface area contributed by atoms with E-state index in [2.05, 4.69) is 25.9 Å². The Hall–Kier alpha value is -3.47. The Balaban J connectivity index is 1.55. The number of anilines is 2. The summed E-state index contributed by atoms with van der Waals surface area (Å²) in [5.74, 6) is -4.32. The molecule has 34 heavy (non-hydrogen) atoms. The topological polar surface area (TPSA) is 99.2 Å². The average Bonchev–Trinajstić information content (AvgIpc) is 2.76. The van der Waals surface area contributed by atoms with E-state index in [0.29, 0.717) is 40.6 Å². The quantitative estimate of drug-likeness (QED) is 0.377. The molecule has 0 spiro atoms. The number of benzene rings is 1. The number of pyridine rings is 2. The molecule has 1 saturated carbocycles. The van der Waals surface area contributed by atoms with Crippen LogP contribution in [-0.4, -0.2) is 46.7 Å². The number of nitrogens with zero attached hydrogens (tertiary/aromatic N) is 2. The first kappa shape index (κ1) is 23.7. The second-order valence-electron chi connectivity index (χ2n) is 8.31. The average molecular weight is 477 g/mol. The first-order chi connectivity index (χ1) is 16.1. The van der Waals surface area contributed by atoms with Gasteiger partial charge in [-0.1, -0.05) is 0 Å². The number of nitrogens with one attached hydrogen (secondary N) is 3. The van der Waals surface area contributed by atoms with Gasteiger partial charge in [-0.15, -0.1) is 0 Å². The Bertz CT molecular complexity index is 1230. The zero-order valence-corrected chi connectivity index (χ0v) is 18.3. The Morgan fingerprint density at radius 1 is 1.15 bits per heavy atom. The van der Waals surface area contributed by atoms with Crippen molar-refractivity contribution in [2.45, 2.75) is 25.7 Å². The Labute approximate surface area is 192 Å². The molecule has 0 aliphatic heterocycles. The molecule has 180 valence electrons. The number of hydrogen-bond donors (Lipinski definition) is 4. The minimum atomic E-state index is -2.69. The molecule has 3 aromatic rings. The van der Waals surface area contributed by atoms with Crippen LogP contribution in [0.5, 0.6) is 0 Å². The number of alkyl halides is 2. The van der Waals surface area contributed by atoms with E-state index in [1.165, 1.54) is 6.07 Å². The third-order valence-electron chi connectivity index (χ3n) is 5.63. The maximum absolute atomic E-state index is 14.7. The van der Waals surface area contributed by atoms with Crippen molar-refractivity contribution in [1.29, 1.82) is 0 Å². The van der Waals surface area contributed by atoms with E-state index in [9.17, 15) is 22.4 Å². The first-order valence-corrected chi connectivity index (χ1v) is 10.7. The predicted molar refractivity (Wildman–Crippen MR) is 120 cm³/mol. The number of carbonyl (C=O) groups is 1. The van der Waals surface area contributed by atoms with Crippen molar-refractivity contribution in [2.75, 3.05) is 30.3 Å². The number of aromatic nitrogens is 2. The standard InChI is InChI=1S/C23H23F4N5O2/c1-12-15(4-14-11-29-21(28-2-3-33)7-19(14)31-12)16-5-20(18(25)6-17(16)24)32-22(34)30-10-13-8-23(26,27)9-13/h4-7,11,13,33H,2-3,8-10H2,1H3,(H,28,29)(H2,30,32,34). The molecule has 1 aromatic carbocycles. The molecule has 0 radical (unpaired) electrons. The van der Waals surface area contributed by atoms with Crippen molar-refractivity contribution in [3.63, 3.8) is 0 Å². The van der Waals surface area contributed by atoms with E-state index in [0.717, 1.165) is 0 Å². The van der Waals surface area contributed by atoms with Crippen LogP contribution in [0.4, 0.5) is 33.9 Å². The minimum Gasteiger partial charge on any atom is -0.395 e. The number of aryl methyl sites for hydroxylation is 1. The normalized spacial score (nSPS) is 15.1. The van der Waals surface area contributed by atoms with Gasteiger partial charge in [0.1, 0.15) is 17.5 Å². The third kappa shape index (κ3) is 5.19. The van der Waals surface area contributed by atoms with Gasteiger partial charge in [-0.05, 0) is 25.0 Å². The molecule has 1 aliphatic carbocycles. The molecule has 1 fully saturated rings. The van der Waals surface area contributed by atoms with Gasteiger partial charge in [-0.25, -0.2) is 27.3 Å². The van der Waals surface area contributed by atoms with E-state index in [4.69, 9.17) is 5.11 Å². The van der Waals surface area contributed by atoms with Crippen LogP contribution in [-0.2, 0) is 0 Å². The lowest BCUT2D eigenvalue weighted by molar-refractivity contribution is -0.108. The van der Waals surface area contributed by atoms with Gasteiger partial charge in [0.2, 0.25) is 5.92 Å². The Kier molecular flexibility index (Phi) is 6.56. The molecular weight excluding hydrogens is 454 g/mol. The second kappa shape index (κ2) is 9.41. The number of rotatable bonds is 7. The number of urea groups is 1. The van der Waals surface area contributed by atoms with Crippen LogP contribution in [0.2, 0.25) is 0 Å². The van der Waals surface area contributed by atoms with Gasteiger partial charge in [-0.3, -0.25) is 4.98 Å². The zero-order chi connectivity index (χ0) is 24.5. The summed E-state index contributed by atoms with van der Waals surface area (Å²) in [5, 5.41) is 17.2.